The fraction of sp³-hybridized carbons (Fsp3) is 0.500. The highest BCUT2D eigenvalue weighted by Gasteiger charge is 2.04. The molecule has 90 valence electrons. The molecule has 0 aliphatic heterocycles. The third kappa shape index (κ3) is 4.51. The summed E-state index contributed by atoms with van der Waals surface area (Å²) >= 11 is 3.48. The molecule has 0 saturated heterocycles. The third-order valence-corrected chi connectivity index (χ3v) is 2.72. The Kier molecular flexibility index (Phi) is 5.80. The van der Waals surface area contributed by atoms with Crippen LogP contribution in [0.2, 0.25) is 0 Å². The van der Waals surface area contributed by atoms with Crippen molar-refractivity contribution >= 4 is 15.9 Å². The molecule has 1 aromatic rings. The van der Waals surface area contributed by atoms with Gasteiger partial charge in [-0.15, -0.1) is 0 Å². The smallest absolute Gasteiger partial charge is 0.133 e. The van der Waals surface area contributed by atoms with Crippen molar-refractivity contribution in [2.45, 2.75) is 19.4 Å². The maximum atomic E-state index is 5.75. The van der Waals surface area contributed by atoms with Gasteiger partial charge in [0.1, 0.15) is 12.4 Å². The predicted molar refractivity (Wildman–Crippen MR) is 68.9 cm³/mol. The molecular weight excluding hydrogens is 270 g/mol. The largest absolute Gasteiger partial charge is 0.490 e. The molecule has 1 atom stereocenters. The van der Waals surface area contributed by atoms with Crippen molar-refractivity contribution < 1.29 is 9.47 Å². The van der Waals surface area contributed by atoms with Gasteiger partial charge in [-0.05, 0) is 47.0 Å². The van der Waals surface area contributed by atoms with Crippen LogP contribution >= 0.6 is 15.9 Å². The molecule has 0 aliphatic carbocycles. The molecule has 0 spiro atoms. The van der Waals surface area contributed by atoms with Crippen LogP contribution in [0.15, 0.2) is 22.7 Å². The number of halogens is 1. The Labute approximate surface area is 105 Å². The van der Waals surface area contributed by atoms with E-state index in [-0.39, 0.29) is 6.04 Å². The second kappa shape index (κ2) is 6.89. The molecule has 4 heteroatoms. The lowest BCUT2D eigenvalue weighted by Gasteiger charge is -2.10. The number of hydrogen-bond donors (Lipinski definition) is 1. The Morgan fingerprint density at radius 2 is 2.12 bits per heavy atom. The molecule has 16 heavy (non-hydrogen) atoms. The zero-order valence-corrected chi connectivity index (χ0v) is 11.3. The normalized spacial score (nSPS) is 12.5. The van der Waals surface area contributed by atoms with Crippen LogP contribution in [0, 0.1) is 0 Å². The van der Waals surface area contributed by atoms with Gasteiger partial charge in [0, 0.05) is 13.2 Å². The van der Waals surface area contributed by atoms with Crippen LogP contribution in [0.3, 0.4) is 0 Å². The minimum absolute atomic E-state index is 0.173. The van der Waals surface area contributed by atoms with Gasteiger partial charge >= 0.3 is 0 Å². The third-order valence-electron chi connectivity index (χ3n) is 2.10. The summed E-state index contributed by atoms with van der Waals surface area (Å²) in [5.74, 6) is 0.838. The van der Waals surface area contributed by atoms with E-state index in [1.54, 1.807) is 7.11 Å². The summed E-state index contributed by atoms with van der Waals surface area (Å²) in [5, 5.41) is 0. The van der Waals surface area contributed by atoms with Crippen molar-refractivity contribution in [2.75, 3.05) is 20.3 Å². The number of nitrogens with two attached hydrogens (primary N) is 1. The standard InChI is InChI=1S/C12H18BrNO2/c1-9(14)7-10-3-4-12(11(13)8-10)16-6-5-15-2/h3-4,8-9H,5-7,14H2,1-2H3. The fourth-order valence-electron chi connectivity index (χ4n) is 1.40. The molecule has 3 nitrogen and oxygen atoms in total. The molecule has 0 amide bonds. The minimum atomic E-state index is 0.173. The lowest BCUT2D eigenvalue weighted by atomic mass is 10.1. The molecule has 0 aliphatic rings. The van der Waals surface area contributed by atoms with Crippen molar-refractivity contribution in [3.05, 3.63) is 28.2 Å². The summed E-state index contributed by atoms with van der Waals surface area (Å²) in [4.78, 5) is 0. The first-order chi connectivity index (χ1) is 7.63. The summed E-state index contributed by atoms with van der Waals surface area (Å²) in [5.41, 5.74) is 6.96. The predicted octanol–water partition coefficient (Wildman–Crippen LogP) is 2.36. The molecule has 0 radical (unpaired) electrons. The molecule has 0 bridgehead atoms. The molecule has 0 heterocycles. The zero-order valence-electron chi connectivity index (χ0n) is 9.70. The van der Waals surface area contributed by atoms with E-state index in [2.05, 4.69) is 15.9 Å². The second-order valence-corrected chi connectivity index (χ2v) is 4.64. The average Bonchev–Trinajstić information content (AvgIpc) is 2.20. The highest BCUT2D eigenvalue weighted by molar-refractivity contribution is 9.10. The van der Waals surface area contributed by atoms with Crippen LogP contribution in [-0.2, 0) is 11.2 Å². The van der Waals surface area contributed by atoms with Gasteiger partial charge in [-0.1, -0.05) is 6.07 Å². The van der Waals surface area contributed by atoms with Crippen LogP contribution in [0.5, 0.6) is 5.75 Å². The highest BCUT2D eigenvalue weighted by atomic mass is 79.9. The topological polar surface area (TPSA) is 44.5 Å². The first kappa shape index (κ1) is 13.5. The lowest BCUT2D eigenvalue weighted by molar-refractivity contribution is 0.146. The van der Waals surface area contributed by atoms with Gasteiger partial charge in [0.2, 0.25) is 0 Å². The Morgan fingerprint density at radius 3 is 2.69 bits per heavy atom. The molecule has 0 saturated carbocycles. The summed E-state index contributed by atoms with van der Waals surface area (Å²) in [6, 6.07) is 6.21. The molecule has 1 aromatic carbocycles. The monoisotopic (exact) mass is 287 g/mol. The van der Waals surface area contributed by atoms with Crippen molar-refractivity contribution in [3.63, 3.8) is 0 Å². The van der Waals surface area contributed by atoms with E-state index in [1.165, 1.54) is 5.56 Å². The molecule has 0 fully saturated rings. The fourth-order valence-corrected chi connectivity index (χ4v) is 1.94. The van der Waals surface area contributed by atoms with Crippen molar-refractivity contribution in [1.29, 1.82) is 0 Å². The Morgan fingerprint density at radius 1 is 1.38 bits per heavy atom. The minimum Gasteiger partial charge on any atom is -0.490 e. The van der Waals surface area contributed by atoms with Crippen LogP contribution in [0.25, 0.3) is 0 Å². The second-order valence-electron chi connectivity index (χ2n) is 3.79. The van der Waals surface area contributed by atoms with E-state index in [4.69, 9.17) is 15.2 Å². The van der Waals surface area contributed by atoms with E-state index in [0.717, 1.165) is 16.6 Å². The van der Waals surface area contributed by atoms with E-state index in [9.17, 15) is 0 Å². The maximum absolute atomic E-state index is 5.75. The number of methoxy groups -OCH3 is 1. The Hall–Kier alpha value is -0.580. The average molecular weight is 288 g/mol. The molecular formula is C12H18BrNO2. The number of rotatable bonds is 6. The van der Waals surface area contributed by atoms with Gasteiger partial charge < -0.3 is 15.2 Å². The summed E-state index contributed by atoms with van der Waals surface area (Å²) in [6.45, 7) is 3.15. The molecule has 2 N–H and O–H groups in total. The van der Waals surface area contributed by atoms with Crippen molar-refractivity contribution in [3.8, 4) is 5.75 Å². The summed E-state index contributed by atoms with van der Waals surface area (Å²) in [6.07, 6.45) is 0.872. The summed E-state index contributed by atoms with van der Waals surface area (Å²) in [7, 11) is 1.66. The molecule has 0 aromatic heterocycles. The number of benzene rings is 1. The van der Waals surface area contributed by atoms with Gasteiger partial charge in [0.15, 0.2) is 0 Å². The quantitative estimate of drug-likeness (QED) is 0.817. The lowest BCUT2D eigenvalue weighted by Crippen LogP contribution is -2.17. The number of ether oxygens (including phenoxy) is 2. The number of hydrogen-bond acceptors (Lipinski definition) is 3. The van der Waals surface area contributed by atoms with Gasteiger partial charge in [-0.3, -0.25) is 0 Å². The van der Waals surface area contributed by atoms with Crippen LogP contribution in [0.1, 0.15) is 12.5 Å². The van der Waals surface area contributed by atoms with E-state index >= 15 is 0 Å². The summed E-state index contributed by atoms with van der Waals surface area (Å²) < 4.78 is 11.4. The first-order valence-corrected chi connectivity index (χ1v) is 6.08. The van der Waals surface area contributed by atoms with E-state index in [0.29, 0.717) is 13.2 Å². The van der Waals surface area contributed by atoms with Crippen LogP contribution in [0.4, 0.5) is 0 Å². The highest BCUT2D eigenvalue weighted by Crippen LogP contribution is 2.26. The SMILES string of the molecule is COCCOc1ccc(CC(C)N)cc1Br. The zero-order chi connectivity index (χ0) is 12.0. The Bertz CT molecular complexity index is 329. The van der Waals surface area contributed by atoms with Gasteiger partial charge in [-0.2, -0.15) is 0 Å². The van der Waals surface area contributed by atoms with Gasteiger partial charge in [0.05, 0.1) is 11.1 Å². The van der Waals surface area contributed by atoms with E-state index < -0.39 is 0 Å². The van der Waals surface area contributed by atoms with Crippen molar-refractivity contribution in [1.82, 2.24) is 0 Å². The van der Waals surface area contributed by atoms with Crippen LogP contribution in [-0.4, -0.2) is 26.4 Å². The molecule has 1 unspecified atom stereocenters. The molecule has 1 rings (SSSR count). The first-order valence-electron chi connectivity index (χ1n) is 5.29. The van der Waals surface area contributed by atoms with Crippen molar-refractivity contribution in [2.24, 2.45) is 5.73 Å². The van der Waals surface area contributed by atoms with E-state index in [1.807, 2.05) is 25.1 Å². The maximum Gasteiger partial charge on any atom is 0.133 e. The Balaban J connectivity index is 2.60. The van der Waals surface area contributed by atoms with Gasteiger partial charge in [0.25, 0.3) is 0 Å². The van der Waals surface area contributed by atoms with Crippen LogP contribution < -0.4 is 10.5 Å². The van der Waals surface area contributed by atoms with Gasteiger partial charge in [-0.25, -0.2) is 0 Å².